The van der Waals surface area contributed by atoms with E-state index in [9.17, 15) is 4.79 Å². The van der Waals surface area contributed by atoms with E-state index in [4.69, 9.17) is 5.73 Å². The Bertz CT molecular complexity index is 470. The van der Waals surface area contributed by atoms with Crippen molar-refractivity contribution in [2.75, 3.05) is 11.1 Å². The summed E-state index contributed by atoms with van der Waals surface area (Å²) in [5.74, 6) is -0.142. The number of nitrogens with zero attached hydrogens (tertiary/aromatic N) is 3. The molecule has 76 valence electrons. The van der Waals surface area contributed by atoms with Gasteiger partial charge in [-0.1, -0.05) is 11.3 Å². The number of hydrogen-bond acceptors (Lipinski definition) is 6. The van der Waals surface area contributed by atoms with Crippen LogP contribution in [0.15, 0.2) is 23.8 Å². The largest absolute Gasteiger partial charge is 0.383 e. The van der Waals surface area contributed by atoms with Crippen LogP contribution in [0.3, 0.4) is 0 Å². The molecule has 0 aliphatic carbocycles. The molecule has 0 radical (unpaired) electrons. The lowest BCUT2D eigenvalue weighted by Gasteiger charge is -2.02. The van der Waals surface area contributed by atoms with Gasteiger partial charge in [-0.15, -0.1) is 10.2 Å². The number of carbonyl (C=O) groups excluding carboxylic acids is 1. The summed E-state index contributed by atoms with van der Waals surface area (Å²) in [4.78, 5) is 15.5. The molecule has 0 aromatic carbocycles. The number of pyridine rings is 1. The van der Waals surface area contributed by atoms with E-state index in [2.05, 4.69) is 20.5 Å². The third kappa shape index (κ3) is 2.08. The summed E-state index contributed by atoms with van der Waals surface area (Å²) in [5.41, 5.74) is 7.40. The quantitative estimate of drug-likeness (QED) is 0.781. The molecule has 6 nitrogen and oxygen atoms in total. The van der Waals surface area contributed by atoms with Crippen LogP contribution in [0, 0.1) is 0 Å². The highest BCUT2D eigenvalue weighted by Gasteiger charge is 2.11. The van der Waals surface area contributed by atoms with Gasteiger partial charge >= 0.3 is 0 Å². The van der Waals surface area contributed by atoms with Gasteiger partial charge in [0.05, 0.1) is 5.56 Å². The summed E-state index contributed by atoms with van der Waals surface area (Å²) in [6, 6.07) is 3.24. The second kappa shape index (κ2) is 4.01. The fourth-order valence-electron chi connectivity index (χ4n) is 1.00. The molecule has 0 saturated carbocycles. The molecule has 0 bridgehead atoms. The minimum absolute atomic E-state index is 0.194. The maximum atomic E-state index is 11.6. The van der Waals surface area contributed by atoms with Crippen molar-refractivity contribution in [3.63, 3.8) is 0 Å². The smallest absolute Gasteiger partial charge is 0.261 e. The van der Waals surface area contributed by atoms with E-state index in [-0.39, 0.29) is 11.7 Å². The zero-order valence-corrected chi connectivity index (χ0v) is 8.36. The average Bonchev–Trinajstić information content (AvgIpc) is 2.71. The summed E-state index contributed by atoms with van der Waals surface area (Å²) in [6.45, 7) is 0. The Morgan fingerprint density at radius 2 is 2.40 bits per heavy atom. The van der Waals surface area contributed by atoms with Crippen LogP contribution in [0.1, 0.15) is 10.4 Å². The SMILES string of the molecule is Nc1ncccc1C(=O)Nc1nncs1. The van der Waals surface area contributed by atoms with Gasteiger partial charge in [-0.05, 0) is 12.1 Å². The minimum Gasteiger partial charge on any atom is -0.383 e. The molecule has 0 aliphatic rings. The molecule has 2 aromatic heterocycles. The number of anilines is 2. The van der Waals surface area contributed by atoms with E-state index in [1.165, 1.54) is 23.0 Å². The molecule has 15 heavy (non-hydrogen) atoms. The number of nitrogens with two attached hydrogens (primary N) is 1. The van der Waals surface area contributed by atoms with Gasteiger partial charge in [0.25, 0.3) is 5.91 Å². The molecule has 0 unspecified atom stereocenters. The maximum Gasteiger partial charge on any atom is 0.261 e. The van der Waals surface area contributed by atoms with Crippen LogP contribution in [0.2, 0.25) is 0 Å². The lowest BCUT2D eigenvalue weighted by molar-refractivity contribution is 0.102. The minimum atomic E-state index is -0.336. The monoisotopic (exact) mass is 221 g/mol. The van der Waals surface area contributed by atoms with Crippen LogP contribution in [-0.4, -0.2) is 21.1 Å². The highest BCUT2D eigenvalue weighted by atomic mass is 32.1. The van der Waals surface area contributed by atoms with Crippen molar-refractivity contribution in [2.45, 2.75) is 0 Å². The first-order chi connectivity index (χ1) is 7.27. The standard InChI is InChI=1S/C8H7N5OS/c9-6-5(2-1-3-10-6)7(14)12-8-13-11-4-15-8/h1-4H,(H2,9,10)(H,12,13,14). The lowest BCUT2D eigenvalue weighted by Crippen LogP contribution is -2.14. The van der Waals surface area contributed by atoms with Gasteiger partial charge in [0.15, 0.2) is 0 Å². The third-order valence-electron chi connectivity index (χ3n) is 1.66. The lowest BCUT2D eigenvalue weighted by atomic mass is 10.2. The Hall–Kier alpha value is -2.02. The predicted molar refractivity (Wildman–Crippen MR) is 56.5 cm³/mol. The highest BCUT2D eigenvalue weighted by molar-refractivity contribution is 7.13. The van der Waals surface area contributed by atoms with Crippen molar-refractivity contribution in [3.05, 3.63) is 29.4 Å². The summed E-state index contributed by atoms with van der Waals surface area (Å²) >= 11 is 1.24. The summed E-state index contributed by atoms with van der Waals surface area (Å²) < 4.78 is 0. The van der Waals surface area contributed by atoms with Crippen molar-refractivity contribution in [2.24, 2.45) is 0 Å². The van der Waals surface area contributed by atoms with Crippen LogP contribution < -0.4 is 11.1 Å². The van der Waals surface area contributed by atoms with Gasteiger partial charge in [-0.2, -0.15) is 0 Å². The van der Waals surface area contributed by atoms with E-state index < -0.39 is 0 Å². The Morgan fingerprint density at radius 1 is 1.53 bits per heavy atom. The highest BCUT2D eigenvalue weighted by Crippen LogP contribution is 2.12. The second-order valence-electron chi connectivity index (χ2n) is 2.63. The number of amides is 1. The molecule has 0 atom stereocenters. The van der Waals surface area contributed by atoms with E-state index in [0.717, 1.165) is 0 Å². The Labute approximate surface area is 89.2 Å². The molecule has 0 spiro atoms. The molecule has 7 heteroatoms. The van der Waals surface area contributed by atoms with Gasteiger partial charge < -0.3 is 5.73 Å². The van der Waals surface area contributed by atoms with Crippen molar-refractivity contribution in [1.29, 1.82) is 0 Å². The van der Waals surface area contributed by atoms with Crippen molar-refractivity contribution >= 4 is 28.2 Å². The number of aromatic nitrogens is 3. The van der Waals surface area contributed by atoms with Crippen LogP contribution in [-0.2, 0) is 0 Å². The molecule has 2 rings (SSSR count). The van der Waals surface area contributed by atoms with Gasteiger partial charge in [0.2, 0.25) is 5.13 Å². The molecule has 2 aromatic rings. The van der Waals surface area contributed by atoms with Crippen LogP contribution in [0.5, 0.6) is 0 Å². The molecular weight excluding hydrogens is 214 g/mol. The fourth-order valence-corrected chi connectivity index (χ4v) is 1.44. The van der Waals surface area contributed by atoms with E-state index in [0.29, 0.717) is 10.7 Å². The Morgan fingerprint density at radius 3 is 3.07 bits per heavy atom. The van der Waals surface area contributed by atoms with Crippen molar-refractivity contribution in [3.8, 4) is 0 Å². The van der Waals surface area contributed by atoms with Crippen LogP contribution >= 0.6 is 11.3 Å². The third-order valence-corrected chi connectivity index (χ3v) is 2.27. The number of hydrogen-bond donors (Lipinski definition) is 2. The van der Waals surface area contributed by atoms with Crippen molar-refractivity contribution in [1.82, 2.24) is 15.2 Å². The molecule has 0 fully saturated rings. The number of nitrogens with one attached hydrogen (secondary N) is 1. The number of carbonyl (C=O) groups is 1. The predicted octanol–water partition coefficient (Wildman–Crippen LogP) is 0.768. The summed E-state index contributed by atoms with van der Waals surface area (Å²) in [6.07, 6.45) is 1.52. The molecule has 0 saturated heterocycles. The maximum absolute atomic E-state index is 11.6. The first-order valence-corrected chi connectivity index (χ1v) is 4.93. The zero-order valence-electron chi connectivity index (χ0n) is 7.54. The first kappa shape index (κ1) is 9.53. The molecule has 0 aliphatic heterocycles. The van der Waals surface area contributed by atoms with Crippen molar-refractivity contribution < 1.29 is 4.79 Å². The zero-order chi connectivity index (χ0) is 10.7. The normalized spacial score (nSPS) is 9.87. The van der Waals surface area contributed by atoms with Crippen LogP contribution in [0.25, 0.3) is 0 Å². The molecule has 1 amide bonds. The summed E-state index contributed by atoms with van der Waals surface area (Å²) in [5, 5.41) is 10.3. The fraction of sp³-hybridized carbons (Fsp3) is 0. The van der Waals surface area contributed by atoms with Gasteiger partial charge in [-0.3, -0.25) is 10.1 Å². The van der Waals surface area contributed by atoms with Gasteiger partial charge in [0, 0.05) is 6.20 Å². The molecule has 2 heterocycles. The molecule has 3 N–H and O–H groups in total. The van der Waals surface area contributed by atoms with Gasteiger partial charge in [-0.25, -0.2) is 4.98 Å². The Kier molecular flexibility index (Phi) is 2.55. The topological polar surface area (TPSA) is 93.8 Å². The average molecular weight is 221 g/mol. The summed E-state index contributed by atoms with van der Waals surface area (Å²) in [7, 11) is 0. The number of rotatable bonds is 2. The van der Waals surface area contributed by atoms with E-state index in [1.54, 1.807) is 12.1 Å². The van der Waals surface area contributed by atoms with Crippen LogP contribution in [0.4, 0.5) is 10.9 Å². The van der Waals surface area contributed by atoms with E-state index in [1.807, 2.05) is 0 Å². The van der Waals surface area contributed by atoms with E-state index >= 15 is 0 Å². The molecular formula is C8H7N5OS. The first-order valence-electron chi connectivity index (χ1n) is 4.05. The van der Waals surface area contributed by atoms with Gasteiger partial charge in [0.1, 0.15) is 11.3 Å². The number of nitrogen functional groups attached to an aromatic ring is 1. The second-order valence-corrected chi connectivity index (χ2v) is 3.47. The Balaban J connectivity index is 2.19.